The van der Waals surface area contributed by atoms with Crippen LogP contribution in [-0.2, 0) is 13.5 Å². The smallest absolute Gasteiger partial charge is 0.238 e. The second kappa shape index (κ2) is 4.84. The minimum atomic E-state index is 0.550. The van der Waals surface area contributed by atoms with Crippen molar-refractivity contribution in [3.05, 3.63) is 35.7 Å². The molecule has 0 fully saturated rings. The maximum absolute atomic E-state index is 5.31. The second-order valence-electron chi connectivity index (χ2n) is 3.67. The molecule has 0 radical (unpaired) electrons. The van der Waals surface area contributed by atoms with Crippen molar-refractivity contribution in [2.45, 2.75) is 6.42 Å². The zero-order chi connectivity index (χ0) is 12.3. The van der Waals surface area contributed by atoms with Gasteiger partial charge in [-0.3, -0.25) is 9.99 Å². The van der Waals surface area contributed by atoms with Crippen molar-refractivity contribution in [2.24, 2.45) is 12.9 Å². The van der Waals surface area contributed by atoms with Gasteiger partial charge in [0.2, 0.25) is 5.95 Å². The van der Waals surface area contributed by atoms with Crippen molar-refractivity contribution in [3.8, 4) is 5.75 Å². The molecule has 3 N–H and O–H groups in total. The van der Waals surface area contributed by atoms with Crippen molar-refractivity contribution in [2.75, 3.05) is 12.5 Å². The van der Waals surface area contributed by atoms with E-state index in [0.717, 1.165) is 17.1 Å². The molecule has 0 bridgehead atoms. The minimum Gasteiger partial charge on any atom is -0.497 e. The summed E-state index contributed by atoms with van der Waals surface area (Å²) in [6, 6.07) is 7.85. The van der Waals surface area contributed by atoms with E-state index in [2.05, 4.69) is 15.6 Å². The summed E-state index contributed by atoms with van der Waals surface area (Å²) in [7, 11) is 3.52. The molecule has 0 amide bonds. The average Bonchev–Trinajstić information content (AvgIpc) is 2.71. The molecule has 90 valence electrons. The normalized spacial score (nSPS) is 10.3. The lowest BCUT2D eigenvalue weighted by Crippen LogP contribution is -2.12. The Morgan fingerprint density at radius 2 is 2.00 bits per heavy atom. The Hall–Kier alpha value is -2.08. The van der Waals surface area contributed by atoms with Crippen LogP contribution in [0.2, 0.25) is 0 Å². The van der Waals surface area contributed by atoms with E-state index in [1.54, 1.807) is 7.11 Å². The molecule has 0 aliphatic heterocycles. The number of hydrogen-bond acceptors (Lipinski definition) is 5. The fraction of sp³-hybridized carbons (Fsp3) is 0.273. The average molecular weight is 233 g/mol. The number of nitrogens with one attached hydrogen (secondary N) is 1. The van der Waals surface area contributed by atoms with Crippen LogP contribution in [0, 0.1) is 0 Å². The quantitative estimate of drug-likeness (QED) is 0.600. The molecule has 1 aromatic heterocycles. The maximum Gasteiger partial charge on any atom is 0.238 e. The summed E-state index contributed by atoms with van der Waals surface area (Å²) in [4.78, 5) is 0. The van der Waals surface area contributed by atoms with Gasteiger partial charge in [-0.1, -0.05) is 12.1 Å². The Labute approximate surface area is 99.4 Å². The summed E-state index contributed by atoms with van der Waals surface area (Å²) >= 11 is 0. The highest BCUT2D eigenvalue weighted by Gasteiger charge is 2.07. The standard InChI is InChI=1S/C11H15N5O/c1-16-10(14-15-11(16)13-12)7-8-3-5-9(17-2)6-4-8/h3-6H,7,12H2,1-2H3,(H,13,15). The molecule has 0 saturated carbocycles. The van der Waals surface area contributed by atoms with Crippen molar-refractivity contribution in [3.63, 3.8) is 0 Å². The van der Waals surface area contributed by atoms with Crippen LogP contribution >= 0.6 is 0 Å². The number of hydrazine groups is 1. The Bertz CT molecular complexity index is 491. The second-order valence-corrected chi connectivity index (χ2v) is 3.67. The van der Waals surface area contributed by atoms with E-state index in [4.69, 9.17) is 10.6 Å². The predicted octanol–water partition coefficient (Wildman–Crippen LogP) is 0.700. The van der Waals surface area contributed by atoms with Crippen molar-refractivity contribution in [1.82, 2.24) is 14.8 Å². The van der Waals surface area contributed by atoms with Crippen LogP contribution in [0.15, 0.2) is 24.3 Å². The van der Waals surface area contributed by atoms with Crippen LogP contribution in [0.4, 0.5) is 5.95 Å². The fourth-order valence-electron chi connectivity index (χ4n) is 1.57. The number of nitrogens with two attached hydrogens (primary N) is 1. The zero-order valence-electron chi connectivity index (χ0n) is 9.84. The number of ether oxygens (including phenoxy) is 1. The number of rotatable bonds is 4. The molecular formula is C11H15N5O. The summed E-state index contributed by atoms with van der Waals surface area (Å²) in [5, 5.41) is 7.98. The van der Waals surface area contributed by atoms with Crippen molar-refractivity contribution >= 4 is 5.95 Å². The number of benzene rings is 1. The molecule has 6 nitrogen and oxygen atoms in total. The monoisotopic (exact) mass is 233 g/mol. The molecule has 0 atom stereocenters. The summed E-state index contributed by atoms with van der Waals surface area (Å²) < 4.78 is 6.93. The molecule has 0 saturated heterocycles. The van der Waals surface area contributed by atoms with E-state index < -0.39 is 0 Å². The third-order valence-electron chi connectivity index (χ3n) is 2.62. The number of aromatic nitrogens is 3. The molecule has 1 heterocycles. The third kappa shape index (κ3) is 2.36. The number of methoxy groups -OCH3 is 1. The first-order valence-electron chi connectivity index (χ1n) is 5.22. The van der Waals surface area contributed by atoms with Gasteiger partial charge in [0.15, 0.2) is 0 Å². The fourth-order valence-corrected chi connectivity index (χ4v) is 1.57. The van der Waals surface area contributed by atoms with Gasteiger partial charge in [-0.2, -0.15) is 0 Å². The Balaban J connectivity index is 2.16. The number of anilines is 1. The lowest BCUT2D eigenvalue weighted by atomic mass is 10.1. The largest absolute Gasteiger partial charge is 0.497 e. The lowest BCUT2D eigenvalue weighted by molar-refractivity contribution is 0.414. The number of nitrogens with zero attached hydrogens (tertiary/aromatic N) is 3. The van der Waals surface area contributed by atoms with E-state index >= 15 is 0 Å². The first-order chi connectivity index (χ1) is 8.24. The van der Waals surface area contributed by atoms with Crippen molar-refractivity contribution in [1.29, 1.82) is 0 Å². The van der Waals surface area contributed by atoms with Gasteiger partial charge in [0.1, 0.15) is 11.6 Å². The van der Waals surface area contributed by atoms with Crippen LogP contribution in [0.25, 0.3) is 0 Å². The first-order valence-corrected chi connectivity index (χ1v) is 5.22. The summed E-state index contributed by atoms with van der Waals surface area (Å²) in [6.07, 6.45) is 0.704. The molecule has 6 heteroatoms. The summed E-state index contributed by atoms with van der Waals surface area (Å²) in [5.41, 5.74) is 3.63. The Morgan fingerprint density at radius 1 is 1.29 bits per heavy atom. The van der Waals surface area contributed by atoms with E-state index in [0.29, 0.717) is 12.4 Å². The molecule has 17 heavy (non-hydrogen) atoms. The van der Waals surface area contributed by atoms with Gasteiger partial charge < -0.3 is 4.74 Å². The van der Waals surface area contributed by atoms with Gasteiger partial charge >= 0.3 is 0 Å². The third-order valence-corrected chi connectivity index (χ3v) is 2.62. The minimum absolute atomic E-state index is 0.550. The van der Waals surface area contributed by atoms with Crippen LogP contribution in [0.1, 0.15) is 11.4 Å². The summed E-state index contributed by atoms with van der Waals surface area (Å²) in [6.45, 7) is 0. The highest BCUT2D eigenvalue weighted by Crippen LogP contribution is 2.14. The molecule has 1 aromatic carbocycles. The van der Waals surface area contributed by atoms with Crippen LogP contribution in [0.3, 0.4) is 0 Å². The number of nitrogen functional groups attached to an aromatic ring is 1. The SMILES string of the molecule is COc1ccc(Cc2nnc(NN)n2C)cc1. The van der Waals surface area contributed by atoms with Crippen LogP contribution in [0.5, 0.6) is 5.75 Å². The first kappa shape index (κ1) is 11.4. The molecular weight excluding hydrogens is 218 g/mol. The Kier molecular flexibility index (Phi) is 3.24. The molecule has 0 spiro atoms. The predicted molar refractivity (Wildman–Crippen MR) is 64.6 cm³/mol. The van der Waals surface area contributed by atoms with Crippen LogP contribution < -0.4 is 16.0 Å². The molecule has 2 aromatic rings. The van der Waals surface area contributed by atoms with Gasteiger partial charge in [-0.25, -0.2) is 5.84 Å². The summed E-state index contributed by atoms with van der Waals surface area (Å²) in [5.74, 6) is 7.55. The topological polar surface area (TPSA) is 78.0 Å². The van der Waals surface area contributed by atoms with Crippen molar-refractivity contribution < 1.29 is 4.74 Å². The van der Waals surface area contributed by atoms with Gasteiger partial charge in [0.05, 0.1) is 7.11 Å². The Morgan fingerprint density at radius 3 is 2.53 bits per heavy atom. The van der Waals surface area contributed by atoms with Gasteiger partial charge in [-0.05, 0) is 17.7 Å². The van der Waals surface area contributed by atoms with E-state index in [9.17, 15) is 0 Å². The van der Waals surface area contributed by atoms with Gasteiger partial charge in [0, 0.05) is 13.5 Å². The zero-order valence-corrected chi connectivity index (χ0v) is 9.84. The molecule has 2 rings (SSSR count). The van der Waals surface area contributed by atoms with Crippen LogP contribution in [-0.4, -0.2) is 21.9 Å². The highest BCUT2D eigenvalue weighted by molar-refractivity contribution is 5.30. The molecule has 0 aliphatic rings. The van der Waals surface area contributed by atoms with E-state index in [1.165, 1.54) is 0 Å². The molecule has 0 unspecified atom stereocenters. The van der Waals surface area contributed by atoms with Gasteiger partial charge in [-0.15, -0.1) is 10.2 Å². The highest BCUT2D eigenvalue weighted by atomic mass is 16.5. The molecule has 0 aliphatic carbocycles. The number of hydrogen-bond donors (Lipinski definition) is 2. The maximum atomic E-state index is 5.31. The lowest BCUT2D eigenvalue weighted by Gasteiger charge is -2.04. The van der Waals surface area contributed by atoms with E-state index in [1.807, 2.05) is 35.9 Å². The van der Waals surface area contributed by atoms with Gasteiger partial charge in [0.25, 0.3) is 0 Å². The van der Waals surface area contributed by atoms with E-state index in [-0.39, 0.29) is 0 Å².